The minimum Gasteiger partial charge on any atom is -0.314 e. The molecule has 0 aromatic heterocycles. The number of anilines is 1. The summed E-state index contributed by atoms with van der Waals surface area (Å²) < 4.78 is 27.1. The highest BCUT2D eigenvalue weighted by molar-refractivity contribution is 9.10. The average molecular weight is 368 g/mol. The van der Waals surface area contributed by atoms with Crippen molar-refractivity contribution in [3.05, 3.63) is 27.7 Å². The van der Waals surface area contributed by atoms with Gasteiger partial charge in [-0.15, -0.1) is 0 Å². The summed E-state index contributed by atoms with van der Waals surface area (Å²) in [5.74, 6) is 0.103. The number of nitrogens with one attached hydrogen (secondary N) is 2. The molecule has 1 aromatic carbocycles. The molecular weight excluding hydrogens is 352 g/mol. The van der Waals surface area contributed by atoms with Gasteiger partial charge in [0.05, 0.1) is 11.4 Å². The summed E-state index contributed by atoms with van der Waals surface area (Å²) in [6.45, 7) is 0.738. The second kappa shape index (κ2) is 6.43. The molecule has 19 heavy (non-hydrogen) atoms. The molecule has 2 N–H and O–H groups in total. The molecule has 0 bridgehead atoms. The van der Waals surface area contributed by atoms with Gasteiger partial charge in [0.25, 0.3) is 0 Å². The number of benzene rings is 1. The van der Waals surface area contributed by atoms with Crippen LogP contribution in [0.25, 0.3) is 0 Å². The van der Waals surface area contributed by atoms with Gasteiger partial charge in [-0.3, -0.25) is 4.72 Å². The summed E-state index contributed by atoms with van der Waals surface area (Å²) >= 11 is 9.14. The van der Waals surface area contributed by atoms with E-state index in [0.717, 1.165) is 6.54 Å². The van der Waals surface area contributed by atoms with E-state index in [1.54, 1.807) is 18.2 Å². The Labute approximate surface area is 127 Å². The van der Waals surface area contributed by atoms with E-state index in [1.165, 1.54) is 12.8 Å². The second-order valence-corrected chi connectivity index (χ2v) is 7.76. The molecule has 0 heterocycles. The first-order valence-electron chi connectivity index (χ1n) is 6.15. The monoisotopic (exact) mass is 366 g/mol. The zero-order valence-electron chi connectivity index (χ0n) is 10.3. The highest BCUT2D eigenvalue weighted by Crippen LogP contribution is 2.26. The van der Waals surface area contributed by atoms with Crippen molar-refractivity contribution in [3.8, 4) is 0 Å². The van der Waals surface area contributed by atoms with E-state index in [4.69, 9.17) is 11.6 Å². The fourth-order valence-corrected chi connectivity index (χ4v) is 3.43. The fraction of sp³-hybridized carbons (Fsp3) is 0.500. The Kier molecular flexibility index (Phi) is 5.11. The molecule has 106 valence electrons. The normalized spacial score (nSPS) is 15.5. The van der Waals surface area contributed by atoms with Crippen LogP contribution in [0.3, 0.4) is 0 Å². The van der Waals surface area contributed by atoms with E-state index in [-0.39, 0.29) is 5.75 Å². The second-order valence-electron chi connectivity index (χ2n) is 4.63. The van der Waals surface area contributed by atoms with Crippen LogP contribution < -0.4 is 10.0 Å². The van der Waals surface area contributed by atoms with Crippen molar-refractivity contribution in [2.24, 2.45) is 0 Å². The SMILES string of the molecule is O=S(=O)(CCCNC1CC1)Nc1cc(Cl)ccc1Br. The van der Waals surface area contributed by atoms with Crippen molar-refractivity contribution >= 4 is 43.2 Å². The Balaban J connectivity index is 1.86. The van der Waals surface area contributed by atoms with Gasteiger partial charge in [-0.05, 0) is 59.9 Å². The highest BCUT2D eigenvalue weighted by Gasteiger charge is 2.20. The van der Waals surface area contributed by atoms with Crippen molar-refractivity contribution < 1.29 is 8.42 Å². The minimum atomic E-state index is -3.33. The smallest absolute Gasteiger partial charge is 0.232 e. The van der Waals surface area contributed by atoms with Gasteiger partial charge in [0, 0.05) is 15.5 Å². The summed E-state index contributed by atoms with van der Waals surface area (Å²) in [5, 5.41) is 3.79. The zero-order valence-corrected chi connectivity index (χ0v) is 13.5. The maximum Gasteiger partial charge on any atom is 0.232 e. The standard InChI is InChI=1S/C12H16BrClN2O2S/c13-11-5-2-9(14)8-12(11)16-19(17,18)7-1-6-15-10-3-4-10/h2,5,8,10,15-16H,1,3-4,6-7H2. The van der Waals surface area contributed by atoms with E-state index in [1.807, 2.05) is 0 Å². The molecule has 1 aliphatic rings. The Bertz CT molecular complexity index is 547. The van der Waals surface area contributed by atoms with Crippen molar-refractivity contribution in [2.75, 3.05) is 17.0 Å². The number of rotatable bonds is 7. The van der Waals surface area contributed by atoms with Crippen molar-refractivity contribution in [1.82, 2.24) is 5.32 Å². The van der Waals surface area contributed by atoms with Gasteiger partial charge in [0.15, 0.2) is 0 Å². The minimum absolute atomic E-state index is 0.103. The lowest BCUT2D eigenvalue weighted by Gasteiger charge is -2.10. The van der Waals surface area contributed by atoms with Crippen LogP contribution in [0.2, 0.25) is 5.02 Å². The van der Waals surface area contributed by atoms with Crippen LogP contribution in [0.15, 0.2) is 22.7 Å². The Morgan fingerprint density at radius 2 is 2.11 bits per heavy atom. The highest BCUT2D eigenvalue weighted by atomic mass is 79.9. The van der Waals surface area contributed by atoms with Crippen LogP contribution in [0.5, 0.6) is 0 Å². The van der Waals surface area contributed by atoms with Crippen molar-refractivity contribution in [2.45, 2.75) is 25.3 Å². The van der Waals surface area contributed by atoms with Crippen LogP contribution in [0.4, 0.5) is 5.69 Å². The third-order valence-corrected chi connectivity index (χ3v) is 5.08. The third-order valence-electron chi connectivity index (χ3n) is 2.79. The van der Waals surface area contributed by atoms with Gasteiger partial charge in [0.1, 0.15) is 0 Å². The molecular formula is C12H16BrClN2O2S. The molecule has 2 rings (SSSR count). The van der Waals surface area contributed by atoms with Crippen LogP contribution in [-0.4, -0.2) is 26.8 Å². The van der Waals surface area contributed by atoms with Crippen LogP contribution in [-0.2, 0) is 10.0 Å². The average Bonchev–Trinajstić information content (AvgIpc) is 3.13. The maximum absolute atomic E-state index is 11.9. The zero-order chi connectivity index (χ0) is 13.9. The topological polar surface area (TPSA) is 58.2 Å². The third kappa shape index (κ3) is 5.30. The number of hydrogen-bond acceptors (Lipinski definition) is 3. The molecule has 4 nitrogen and oxygen atoms in total. The van der Waals surface area contributed by atoms with Gasteiger partial charge < -0.3 is 5.32 Å². The summed E-state index contributed by atoms with van der Waals surface area (Å²) in [6.07, 6.45) is 3.02. The van der Waals surface area contributed by atoms with E-state index < -0.39 is 10.0 Å². The predicted octanol–water partition coefficient (Wildman–Crippen LogP) is 2.99. The number of sulfonamides is 1. The molecule has 0 amide bonds. The maximum atomic E-state index is 11.9. The lowest BCUT2D eigenvalue weighted by Crippen LogP contribution is -2.23. The summed E-state index contributed by atoms with van der Waals surface area (Å²) in [5.41, 5.74) is 0.475. The Morgan fingerprint density at radius 1 is 1.37 bits per heavy atom. The van der Waals surface area contributed by atoms with Gasteiger partial charge in [0.2, 0.25) is 10.0 Å². The quantitative estimate of drug-likeness (QED) is 0.728. The van der Waals surface area contributed by atoms with Crippen molar-refractivity contribution in [3.63, 3.8) is 0 Å². The lowest BCUT2D eigenvalue weighted by atomic mass is 10.3. The van der Waals surface area contributed by atoms with E-state index in [9.17, 15) is 8.42 Å². The van der Waals surface area contributed by atoms with E-state index >= 15 is 0 Å². The van der Waals surface area contributed by atoms with Crippen molar-refractivity contribution in [1.29, 1.82) is 0 Å². The molecule has 0 radical (unpaired) electrons. The van der Waals surface area contributed by atoms with Crippen LogP contribution in [0.1, 0.15) is 19.3 Å². The predicted molar refractivity (Wildman–Crippen MR) is 82.2 cm³/mol. The fourth-order valence-electron chi connectivity index (χ4n) is 1.65. The van der Waals surface area contributed by atoms with Crippen LogP contribution in [0, 0.1) is 0 Å². The molecule has 1 aromatic rings. The summed E-state index contributed by atoms with van der Waals surface area (Å²) in [4.78, 5) is 0. The molecule has 0 saturated heterocycles. The van der Waals surface area contributed by atoms with Crippen LogP contribution >= 0.6 is 27.5 Å². The van der Waals surface area contributed by atoms with Gasteiger partial charge >= 0.3 is 0 Å². The largest absolute Gasteiger partial charge is 0.314 e. The van der Waals surface area contributed by atoms with E-state index in [2.05, 4.69) is 26.0 Å². The first kappa shape index (κ1) is 15.1. The first-order valence-corrected chi connectivity index (χ1v) is 8.97. The van der Waals surface area contributed by atoms with Gasteiger partial charge in [-0.1, -0.05) is 11.6 Å². The first-order chi connectivity index (χ1) is 8.96. The number of halogens is 2. The van der Waals surface area contributed by atoms with Gasteiger partial charge in [-0.25, -0.2) is 8.42 Å². The molecule has 7 heteroatoms. The van der Waals surface area contributed by atoms with Gasteiger partial charge in [-0.2, -0.15) is 0 Å². The molecule has 1 aliphatic carbocycles. The molecule has 0 unspecified atom stereocenters. The molecule has 1 saturated carbocycles. The Morgan fingerprint density at radius 3 is 2.79 bits per heavy atom. The molecule has 0 spiro atoms. The summed E-state index contributed by atoms with van der Waals surface area (Å²) in [7, 11) is -3.33. The molecule has 0 atom stereocenters. The Hall–Kier alpha value is -0.300. The molecule has 1 fully saturated rings. The summed E-state index contributed by atoms with van der Waals surface area (Å²) in [6, 6.07) is 5.61. The molecule has 0 aliphatic heterocycles. The number of hydrogen-bond donors (Lipinski definition) is 2. The van der Waals surface area contributed by atoms with E-state index in [0.29, 0.717) is 27.6 Å². The lowest BCUT2D eigenvalue weighted by molar-refractivity contribution is 0.593.